The first-order valence-corrected chi connectivity index (χ1v) is 6.05. The Morgan fingerprint density at radius 2 is 2.13 bits per heavy atom. The van der Waals surface area contributed by atoms with Crippen LogP contribution in [-0.2, 0) is 0 Å². The average Bonchev–Trinajstić information content (AvgIpc) is 2.26. The second-order valence-corrected chi connectivity index (χ2v) is 5.11. The first-order chi connectivity index (χ1) is 7.27. The van der Waals surface area contributed by atoms with Crippen molar-refractivity contribution in [3.05, 3.63) is 40.9 Å². The number of hydrogen-bond donors (Lipinski definition) is 0. The van der Waals surface area contributed by atoms with Crippen LogP contribution in [-0.4, -0.2) is 6.61 Å². The first-order valence-electron chi connectivity index (χ1n) is 4.75. The summed E-state index contributed by atoms with van der Waals surface area (Å²) in [5.74, 6) is 0.820. The summed E-state index contributed by atoms with van der Waals surface area (Å²) in [5.41, 5.74) is 1.26. The quantitative estimate of drug-likeness (QED) is 0.654. The number of halogens is 2. The molecule has 2 aromatic rings. The van der Waals surface area contributed by atoms with Gasteiger partial charge in [0.05, 0.1) is 9.85 Å². The van der Waals surface area contributed by atoms with Crippen LogP contribution < -0.4 is 4.74 Å². The summed E-state index contributed by atoms with van der Waals surface area (Å²) >= 11 is 9.72. The van der Waals surface area contributed by atoms with Crippen LogP contribution in [0.25, 0.3) is 10.8 Å². The van der Waals surface area contributed by atoms with Crippen LogP contribution in [0.5, 0.6) is 5.75 Å². The molecule has 0 bridgehead atoms. The van der Waals surface area contributed by atoms with Gasteiger partial charge in [0.2, 0.25) is 0 Å². The predicted octanol–water partition coefficient (Wildman–Crippen LogP) is 4.32. The molecule has 0 radical (unpaired) electrons. The van der Waals surface area contributed by atoms with Gasteiger partial charge in [-0.25, -0.2) is 0 Å². The van der Waals surface area contributed by atoms with E-state index in [4.69, 9.17) is 16.3 Å². The number of ether oxygens (including phenoxy) is 1. The Balaban J connectivity index is 2.48. The Hall–Kier alpha value is -0.730. The van der Waals surface area contributed by atoms with Crippen molar-refractivity contribution >= 4 is 38.3 Å². The summed E-state index contributed by atoms with van der Waals surface area (Å²) in [4.78, 5) is 0.257. The molecule has 0 fully saturated rings. The Morgan fingerprint density at radius 3 is 3.00 bits per heavy atom. The van der Waals surface area contributed by atoms with Crippen LogP contribution >= 0.6 is 27.5 Å². The minimum absolute atomic E-state index is 0.257. The van der Waals surface area contributed by atoms with Crippen molar-refractivity contribution in [2.24, 2.45) is 0 Å². The number of hydrogen-bond acceptors (Lipinski definition) is 1. The number of rotatable bonds is 0. The molecule has 3 heteroatoms. The fraction of sp³-hybridized carbons (Fsp3) is 0.167. The van der Waals surface area contributed by atoms with E-state index in [-0.39, 0.29) is 4.83 Å². The molecule has 0 aromatic heterocycles. The molecule has 1 nitrogen and oxygen atoms in total. The second-order valence-electron chi connectivity index (χ2n) is 3.60. The van der Waals surface area contributed by atoms with Gasteiger partial charge in [0.25, 0.3) is 0 Å². The predicted molar refractivity (Wildman–Crippen MR) is 66.1 cm³/mol. The fourth-order valence-electron chi connectivity index (χ4n) is 2.00. The Morgan fingerprint density at radius 1 is 1.27 bits per heavy atom. The molecule has 1 unspecified atom stereocenters. The maximum Gasteiger partial charge on any atom is 0.146 e. The molecule has 1 atom stereocenters. The van der Waals surface area contributed by atoms with E-state index in [1.54, 1.807) is 0 Å². The molecule has 2 aromatic carbocycles. The maximum atomic E-state index is 6.12. The molecule has 0 aliphatic carbocycles. The van der Waals surface area contributed by atoms with Crippen molar-refractivity contribution in [2.75, 3.05) is 6.61 Å². The third-order valence-electron chi connectivity index (χ3n) is 2.69. The third-order valence-corrected chi connectivity index (χ3v) is 3.75. The molecule has 1 heterocycles. The van der Waals surface area contributed by atoms with Crippen LogP contribution in [0.2, 0.25) is 5.02 Å². The minimum Gasteiger partial charge on any atom is -0.490 e. The normalized spacial score (nSPS) is 18.9. The van der Waals surface area contributed by atoms with Crippen LogP contribution in [0.4, 0.5) is 0 Å². The molecule has 0 N–H and O–H groups in total. The van der Waals surface area contributed by atoms with Gasteiger partial charge in [0.15, 0.2) is 0 Å². The standard InChI is InChI=1S/C12H8BrClO/c13-9-6-15-12-10(14)5-4-7-2-1-3-8(9)11(7)12/h1-5,9H,6H2. The highest BCUT2D eigenvalue weighted by atomic mass is 79.9. The van der Waals surface area contributed by atoms with Gasteiger partial charge in [-0.15, -0.1) is 0 Å². The van der Waals surface area contributed by atoms with Crippen molar-refractivity contribution < 1.29 is 4.74 Å². The molecule has 0 saturated heterocycles. The van der Waals surface area contributed by atoms with Crippen LogP contribution in [0.15, 0.2) is 30.3 Å². The van der Waals surface area contributed by atoms with E-state index >= 15 is 0 Å². The van der Waals surface area contributed by atoms with Gasteiger partial charge < -0.3 is 4.74 Å². The lowest BCUT2D eigenvalue weighted by Crippen LogP contribution is -2.11. The van der Waals surface area contributed by atoms with E-state index in [2.05, 4.69) is 34.1 Å². The summed E-state index contributed by atoms with van der Waals surface area (Å²) in [6, 6.07) is 10.2. The smallest absolute Gasteiger partial charge is 0.146 e. The largest absolute Gasteiger partial charge is 0.490 e. The molecular formula is C12H8BrClO. The number of benzene rings is 2. The van der Waals surface area contributed by atoms with Crippen molar-refractivity contribution in [3.8, 4) is 5.75 Å². The van der Waals surface area contributed by atoms with E-state index in [1.807, 2.05) is 12.1 Å². The monoisotopic (exact) mass is 282 g/mol. The molecular weight excluding hydrogens is 275 g/mol. The molecule has 3 rings (SSSR count). The highest BCUT2D eigenvalue weighted by molar-refractivity contribution is 9.09. The lowest BCUT2D eigenvalue weighted by molar-refractivity contribution is 0.317. The molecule has 1 aliphatic heterocycles. The van der Waals surface area contributed by atoms with E-state index in [0.29, 0.717) is 11.6 Å². The van der Waals surface area contributed by atoms with Gasteiger partial charge in [-0.1, -0.05) is 51.8 Å². The molecule has 0 amide bonds. The Bertz CT molecular complexity index is 538. The summed E-state index contributed by atoms with van der Waals surface area (Å²) in [5, 5.41) is 3.00. The van der Waals surface area contributed by atoms with E-state index < -0.39 is 0 Å². The lowest BCUT2D eigenvalue weighted by atomic mass is 10.00. The highest BCUT2D eigenvalue weighted by Gasteiger charge is 2.22. The summed E-state index contributed by atoms with van der Waals surface area (Å²) < 4.78 is 5.66. The average molecular weight is 284 g/mol. The third kappa shape index (κ3) is 1.35. The van der Waals surface area contributed by atoms with Gasteiger partial charge >= 0.3 is 0 Å². The summed E-state index contributed by atoms with van der Waals surface area (Å²) in [6.45, 7) is 0.635. The SMILES string of the molecule is Clc1ccc2cccc3c2c1OCC3Br. The number of alkyl halides is 1. The lowest BCUT2D eigenvalue weighted by Gasteiger charge is -2.23. The van der Waals surface area contributed by atoms with Gasteiger partial charge in [-0.2, -0.15) is 0 Å². The van der Waals surface area contributed by atoms with Crippen molar-refractivity contribution in [1.29, 1.82) is 0 Å². The van der Waals surface area contributed by atoms with Crippen LogP contribution in [0.1, 0.15) is 10.4 Å². The zero-order valence-corrected chi connectivity index (χ0v) is 10.2. The zero-order valence-electron chi connectivity index (χ0n) is 7.84. The molecule has 0 spiro atoms. The zero-order chi connectivity index (χ0) is 10.4. The maximum absolute atomic E-state index is 6.12. The van der Waals surface area contributed by atoms with E-state index in [0.717, 1.165) is 11.1 Å². The van der Waals surface area contributed by atoms with Gasteiger partial charge in [-0.05, 0) is 17.0 Å². The molecule has 0 saturated carbocycles. The van der Waals surface area contributed by atoms with Crippen molar-refractivity contribution in [2.45, 2.75) is 4.83 Å². The summed E-state index contributed by atoms with van der Waals surface area (Å²) in [7, 11) is 0. The molecule has 76 valence electrons. The second kappa shape index (κ2) is 3.39. The van der Waals surface area contributed by atoms with Crippen molar-refractivity contribution in [3.63, 3.8) is 0 Å². The van der Waals surface area contributed by atoms with Gasteiger partial charge in [0.1, 0.15) is 12.4 Å². The first kappa shape index (κ1) is 9.49. The highest BCUT2D eigenvalue weighted by Crippen LogP contribution is 2.43. The van der Waals surface area contributed by atoms with Crippen LogP contribution in [0.3, 0.4) is 0 Å². The molecule has 1 aliphatic rings. The fourth-order valence-corrected chi connectivity index (χ4v) is 2.72. The van der Waals surface area contributed by atoms with Gasteiger partial charge in [-0.3, -0.25) is 0 Å². The Kier molecular flexibility index (Phi) is 2.15. The Labute approximate surface area is 101 Å². The van der Waals surface area contributed by atoms with Crippen molar-refractivity contribution in [1.82, 2.24) is 0 Å². The van der Waals surface area contributed by atoms with E-state index in [1.165, 1.54) is 10.9 Å². The van der Waals surface area contributed by atoms with Gasteiger partial charge in [0, 0.05) is 5.39 Å². The topological polar surface area (TPSA) is 9.23 Å². The van der Waals surface area contributed by atoms with E-state index in [9.17, 15) is 0 Å². The summed E-state index contributed by atoms with van der Waals surface area (Å²) in [6.07, 6.45) is 0. The van der Waals surface area contributed by atoms with Crippen LogP contribution in [0, 0.1) is 0 Å². The minimum atomic E-state index is 0.257. The molecule has 15 heavy (non-hydrogen) atoms.